The van der Waals surface area contributed by atoms with E-state index in [-0.39, 0.29) is 36.9 Å². The van der Waals surface area contributed by atoms with Gasteiger partial charge < -0.3 is 20.3 Å². The number of halogens is 1. The number of aromatic nitrogens is 1. The Morgan fingerprint density at radius 3 is 2.89 bits per heavy atom. The van der Waals surface area contributed by atoms with Crippen LogP contribution in [0.5, 0.6) is 0 Å². The zero-order valence-electron chi connectivity index (χ0n) is 15.2. The summed E-state index contributed by atoms with van der Waals surface area (Å²) < 4.78 is 0.670. The Morgan fingerprint density at radius 2 is 2.14 bits per heavy atom. The quantitative estimate of drug-likeness (QED) is 0.596. The lowest BCUT2D eigenvalue weighted by molar-refractivity contribution is -0.133. The molecule has 1 aliphatic carbocycles. The number of H-pyrrole nitrogens is 1. The molecular weight excluding hydrogens is 398 g/mol. The molecule has 1 aromatic carbocycles. The highest BCUT2D eigenvalue weighted by Gasteiger charge is 2.37. The van der Waals surface area contributed by atoms with E-state index < -0.39 is 0 Å². The lowest BCUT2D eigenvalue weighted by Gasteiger charge is -2.31. The van der Waals surface area contributed by atoms with Crippen molar-refractivity contribution in [3.05, 3.63) is 57.6 Å². The molecule has 6 nitrogen and oxygen atoms in total. The van der Waals surface area contributed by atoms with E-state index in [2.05, 4.69) is 10.3 Å². The summed E-state index contributed by atoms with van der Waals surface area (Å²) in [6.45, 7) is -0.198. The van der Waals surface area contributed by atoms with Crippen molar-refractivity contribution >= 4 is 45.0 Å². The second kappa shape index (κ2) is 7.58. The molecular formula is C20H20ClN3O3S. The second-order valence-corrected chi connectivity index (χ2v) is 8.61. The number of thiophene rings is 1. The molecule has 0 spiro atoms. The smallest absolute Gasteiger partial charge is 0.268 e. The molecule has 0 bridgehead atoms. The van der Waals surface area contributed by atoms with Crippen molar-refractivity contribution in [2.45, 2.75) is 24.9 Å². The first-order valence-electron chi connectivity index (χ1n) is 9.01. The zero-order valence-corrected chi connectivity index (χ0v) is 16.8. The van der Waals surface area contributed by atoms with E-state index >= 15 is 0 Å². The monoisotopic (exact) mass is 417 g/mol. The molecule has 8 heteroatoms. The third kappa shape index (κ3) is 3.41. The normalized spacial score (nSPS) is 18.2. The van der Waals surface area contributed by atoms with Gasteiger partial charge in [-0.15, -0.1) is 11.3 Å². The van der Waals surface area contributed by atoms with Gasteiger partial charge in [0, 0.05) is 18.9 Å². The Morgan fingerprint density at radius 1 is 1.36 bits per heavy atom. The van der Waals surface area contributed by atoms with E-state index in [1.54, 1.807) is 18.0 Å². The van der Waals surface area contributed by atoms with Crippen LogP contribution in [0.15, 0.2) is 36.4 Å². The molecule has 4 rings (SSSR count). The van der Waals surface area contributed by atoms with Crippen molar-refractivity contribution in [1.82, 2.24) is 15.2 Å². The number of aromatic amines is 1. The van der Waals surface area contributed by atoms with Gasteiger partial charge in [0.2, 0.25) is 5.91 Å². The lowest BCUT2D eigenvalue weighted by Crippen LogP contribution is -2.45. The minimum atomic E-state index is -0.273. The van der Waals surface area contributed by atoms with Gasteiger partial charge >= 0.3 is 0 Å². The molecule has 0 unspecified atom stereocenters. The van der Waals surface area contributed by atoms with Crippen molar-refractivity contribution in [3.8, 4) is 0 Å². The van der Waals surface area contributed by atoms with Crippen LogP contribution >= 0.6 is 22.9 Å². The molecule has 2 aromatic heterocycles. The van der Waals surface area contributed by atoms with E-state index in [9.17, 15) is 9.59 Å². The first-order chi connectivity index (χ1) is 13.5. The van der Waals surface area contributed by atoms with Gasteiger partial charge in [0.25, 0.3) is 5.91 Å². The van der Waals surface area contributed by atoms with Crippen LogP contribution in [-0.4, -0.2) is 46.5 Å². The number of likely N-dealkylation sites (N-methyl/N-ethyl adjacent to an activating group) is 1. The summed E-state index contributed by atoms with van der Waals surface area (Å²) in [6.07, 6.45) is 0.702. The standard InChI is InChI=1S/C20H20ClN3O3S/c1-24(17(26)6-7-25)18-13-5-3-2-4-11(13)8-14(18)22-19(27)15-9-12-10-16(21)28-20(12)23-15/h2-5,9-10,14,18,23,25H,6-8H2,1H3,(H,22,27)/t14-,18+/m1/s1. The predicted octanol–water partition coefficient (Wildman–Crippen LogP) is 3.12. The number of carbonyl (C=O) groups is 2. The number of rotatable bonds is 5. The highest BCUT2D eigenvalue weighted by molar-refractivity contribution is 7.22. The maximum atomic E-state index is 12.9. The Labute approximate surface area is 171 Å². The first kappa shape index (κ1) is 19.0. The van der Waals surface area contributed by atoms with Crippen molar-refractivity contribution in [2.24, 2.45) is 0 Å². The van der Waals surface area contributed by atoms with Gasteiger partial charge in [0.15, 0.2) is 0 Å². The van der Waals surface area contributed by atoms with Crippen LogP contribution in [0.4, 0.5) is 0 Å². The van der Waals surface area contributed by atoms with E-state index in [1.807, 2.05) is 30.3 Å². The molecule has 146 valence electrons. The summed E-state index contributed by atoms with van der Waals surface area (Å²) in [5.41, 5.74) is 2.61. The molecule has 3 N–H and O–H groups in total. The molecule has 0 aliphatic heterocycles. The summed E-state index contributed by atoms with van der Waals surface area (Å²) in [6, 6.07) is 11.0. The molecule has 28 heavy (non-hydrogen) atoms. The van der Waals surface area contributed by atoms with Gasteiger partial charge in [0.05, 0.1) is 23.0 Å². The number of hydrogen-bond donors (Lipinski definition) is 3. The average molecular weight is 418 g/mol. The van der Waals surface area contributed by atoms with Crippen LogP contribution in [-0.2, 0) is 11.2 Å². The topological polar surface area (TPSA) is 85.4 Å². The number of amides is 2. The van der Waals surface area contributed by atoms with Crippen LogP contribution in [0.25, 0.3) is 10.2 Å². The molecule has 0 fully saturated rings. The number of carbonyl (C=O) groups excluding carboxylic acids is 2. The number of aliphatic hydroxyl groups is 1. The largest absolute Gasteiger partial charge is 0.396 e. The molecule has 2 heterocycles. The molecule has 3 aromatic rings. The van der Waals surface area contributed by atoms with Crippen LogP contribution < -0.4 is 5.32 Å². The number of nitrogens with zero attached hydrogens (tertiary/aromatic N) is 1. The van der Waals surface area contributed by atoms with Crippen LogP contribution in [0, 0.1) is 0 Å². The summed E-state index contributed by atoms with van der Waals surface area (Å²) in [5, 5.41) is 13.1. The summed E-state index contributed by atoms with van der Waals surface area (Å²) in [5.74, 6) is -0.371. The fraction of sp³-hybridized carbons (Fsp3) is 0.300. The molecule has 0 saturated heterocycles. The third-order valence-electron chi connectivity index (χ3n) is 5.17. The van der Waals surface area contributed by atoms with Crippen molar-refractivity contribution < 1.29 is 14.7 Å². The van der Waals surface area contributed by atoms with Gasteiger partial charge in [-0.2, -0.15) is 0 Å². The van der Waals surface area contributed by atoms with E-state index in [0.29, 0.717) is 16.5 Å². The predicted molar refractivity (Wildman–Crippen MR) is 110 cm³/mol. The molecule has 0 saturated carbocycles. The van der Waals surface area contributed by atoms with Gasteiger partial charge in [0.1, 0.15) is 10.5 Å². The second-order valence-electron chi connectivity index (χ2n) is 6.92. The van der Waals surface area contributed by atoms with E-state index in [0.717, 1.165) is 21.3 Å². The van der Waals surface area contributed by atoms with Crippen LogP contribution in [0.3, 0.4) is 0 Å². The van der Waals surface area contributed by atoms with Crippen molar-refractivity contribution in [1.29, 1.82) is 0 Å². The number of fused-ring (bicyclic) bond motifs is 2. The number of aliphatic hydroxyl groups excluding tert-OH is 1. The summed E-state index contributed by atoms with van der Waals surface area (Å²) >= 11 is 7.39. The molecule has 0 radical (unpaired) electrons. The highest BCUT2D eigenvalue weighted by Crippen LogP contribution is 2.36. The van der Waals surface area contributed by atoms with Crippen molar-refractivity contribution in [3.63, 3.8) is 0 Å². The number of nitrogens with one attached hydrogen (secondary N) is 2. The highest BCUT2D eigenvalue weighted by atomic mass is 35.5. The van der Waals surface area contributed by atoms with Crippen LogP contribution in [0.1, 0.15) is 34.1 Å². The fourth-order valence-corrected chi connectivity index (χ4v) is 5.00. The Hall–Kier alpha value is -2.35. The van der Waals surface area contributed by atoms with Gasteiger partial charge in [-0.3, -0.25) is 9.59 Å². The maximum Gasteiger partial charge on any atom is 0.268 e. The number of hydrogen-bond acceptors (Lipinski definition) is 4. The maximum absolute atomic E-state index is 12.9. The van der Waals surface area contributed by atoms with Gasteiger partial charge in [-0.05, 0) is 29.7 Å². The zero-order chi connectivity index (χ0) is 19.8. The summed E-state index contributed by atoms with van der Waals surface area (Å²) in [4.78, 5) is 30.8. The SMILES string of the molecule is CN(C(=O)CCO)[C@H]1c2ccccc2C[C@H]1NC(=O)c1cc2cc(Cl)sc2[nH]1. The van der Waals surface area contributed by atoms with Gasteiger partial charge in [-0.25, -0.2) is 0 Å². The van der Waals surface area contributed by atoms with E-state index in [4.69, 9.17) is 16.7 Å². The summed E-state index contributed by atoms with van der Waals surface area (Å²) in [7, 11) is 1.72. The Bertz CT molecular complexity index is 1010. The minimum absolute atomic E-state index is 0.0590. The molecule has 1 aliphatic rings. The number of benzene rings is 1. The third-order valence-corrected chi connectivity index (χ3v) is 6.37. The first-order valence-corrected chi connectivity index (χ1v) is 10.2. The van der Waals surface area contributed by atoms with E-state index in [1.165, 1.54) is 11.3 Å². The minimum Gasteiger partial charge on any atom is -0.396 e. The average Bonchev–Trinajstić information content (AvgIpc) is 3.31. The Kier molecular flexibility index (Phi) is 5.14. The van der Waals surface area contributed by atoms with Gasteiger partial charge in [-0.1, -0.05) is 35.9 Å². The fourth-order valence-electron chi connectivity index (χ4n) is 3.87. The van der Waals surface area contributed by atoms with Crippen molar-refractivity contribution in [2.75, 3.05) is 13.7 Å². The van der Waals surface area contributed by atoms with Crippen LogP contribution in [0.2, 0.25) is 4.34 Å². The molecule has 2 atom stereocenters. The Balaban J connectivity index is 1.58. The lowest BCUT2D eigenvalue weighted by atomic mass is 10.0. The molecule has 2 amide bonds.